The van der Waals surface area contributed by atoms with Crippen molar-refractivity contribution in [1.82, 2.24) is 5.48 Å². The maximum absolute atomic E-state index is 11.1. The first-order chi connectivity index (χ1) is 6.68. The van der Waals surface area contributed by atoms with Crippen LogP contribution in [0, 0.1) is 0 Å². The summed E-state index contributed by atoms with van der Waals surface area (Å²) in [6.45, 7) is 1.29. The zero-order chi connectivity index (χ0) is 10.4. The van der Waals surface area contributed by atoms with Gasteiger partial charge in [0.05, 0.1) is 6.42 Å². The van der Waals surface area contributed by atoms with E-state index >= 15 is 0 Å². The van der Waals surface area contributed by atoms with Gasteiger partial charge in [0.1, 0.15) is 0 Å². The third-order valence-corrected chi connectivity index (χ3v) is 1.77. The van der Waals surface area contributed by atoms with Crippen molar-refractivity contribution in [1.29, 1.82) is 0 Å². The highest BCUT2D eigenvalue weighted by Gasteiger charge is 2.08. The van der Waals surface area contributed by atoms with Gasteiger partial charge in [-0.1, -0.05) is 23.8 Å². The molecular weight excluding hydrogens is 182 g/mol. The van der Waals surface area contributed by atoms with Crippen LogP contribution >= 0.6 is 0 Å². The number of nitrogens with one attached hydrogen (secondary N) is 1. The van der Waals surface area contributed by atoms with Crippen molar-refractivity contribution < 1.29 is 14.4 Å². The molecule has 0 heterocycles. The molecule has 0 aromatic carbocycles. The van der Waals surface area contributed by atoms with Gasteiger partial charge < -0.3 is 4.84 Å². The largest absolute Gasteiger partial charge is 0.340 e. The number of allylic oxidation sites excluding steroid dienone is 3. The second kappa shape index (κ2) is 5.21. The van der Waals surface area contributed by atoms with Crippen LogP contribution in [0.25, 0.3) is 0 Å². The molecule has 0 bridgehead atoms. The molecule has 0 aromatic rings. The van der Waals surface area contributed by atoms with E-state index in [1.165, 1.54) is 6.92 Å². The standard InChI is InChI=1S/C10H13NO3/c1-8(12)11-14-10(13)7-9-5-3-2-4-6-9/h2-3,6H,4-5,7H2,1H3,(H,11,12). The average Bonchev–Trinajstić information content (AvgIpc) is 2.16. The van der Waals surface area contributed by atoms with Gasteiger partial charge in [-0.25, -0.2) is 4.79 Å². The summed E-state index contributed by atoms with van der Waals surface area (Å²) in [7, 11) is 0. The van der Waals surface area contributed by atoms with Crippen LogP contribution < -0.4 is 5.48 Å². The zero-order valence-electron chi connectivity index (χ0n) is 8.08. The van der Waals surface area contributed by atoms with Crippen LogP contribution in [0.1, 0.15) is 26.2 Å². The molecule has 0 radical (unpaired) electrons. The van der Waals surface area contributed by atoms with E-state index in [-0.39, 0.29) is 12.3 Å². The summed E-state index contributed by atoms with van der Waals surface area (Å²) in [5.41, 5.74) is 3.03. The van der Waals surface area contributed by atoms with Crippen LogP contribution in [0.15, 0.2) is 23.8 Å². The normalized spacial score (nSPS) is 14.5. The fraction of sp³-hybridized carbons (Fsp3) is 0.400. The van der Waals surface area contributed by atoms with Crippen molar-refractivity contribution in [2.24, 2.45) is 0 Å². The molecule has 0 atom stereocenters. The van der Waals surface area contributed by atoms with Crippen molar-refractivity contribution in [2.45, 2.75) is 26.2 Å². The van der Waals surface area contributed by atoms with E-state index in [1.807, 2.05) is 23.7 Å². The molecule has 4 heteroatoms. The summed E-state index contributed by atoms with van der Waals surface area (Å²) in [5, 5.41) is 0. The van der Waals surface area contributed by atoms with Gasteiger partial charge in [-0.15, -0.1) is 0 Å². The van der Waals surface area contributed by atoms with Gasteiger partial charge in [0.15, 0.2) is 0 Å². The Morgan fingerprint density at radius 3 is 2.86 bits per heavy atom. The van der Waals surface area contributed by atoms with Crippen molar-refractivity contribution in [3.63, 3.8) is 0 Å². The Labute approximate surface area is 82.6 Å². The molecular formula is C10H13NO3. The lowest BCUT2D eigenvalue weighted by Crippen LogP contribution is -2.24. The van der Waals surface area contributed by atoms with Gasteiger partial charge in [-0.05, 0) is 12.8 Å². The highest BCUT2D eigenvalue weighted by Crippen LogP contribution is 2.14. The molecule has 0 saturated heterocycles. The minimum atomic E-state index is -0.429. The van der Waals surface area contributed by atoms with Crippen molar-refractivity contribution >= 4 is 11.9 Å². The predicted molar refractivity (Wildman–Crippen MR) is 51.0 cm³/mol. The second-order valence-corrected chi connectivity index (χ2v) is 3.08. The molecule has 0 unspecified atom stereocenters. The minimum absolute atomic E-state index is 0.241. The molecule has 1 aliphatic rings. The van der Waals surface area contributed by atoms with Gasteiger partial charge in [-0.2, -0.15) is 5.48 Å². The molecule has 0 spiro atoms. The first-order valence-electron chi connectivity index (χ1n) is 4.47. The van der Waals surface area contributed by atoms with Crippen molar-refractivity contribution in [2.75, 3.05) is 0 Å². The molecule has 14 heavy (non-hydrogen) atoms. The van der Waals surface area contributed by atoms with Crippen molar-refractivity contribution in [3.05, 3.63) is 23.8 Å². The maximum atomic E-state index is 11.1. The Bertz CT molecular complexity index is 292. The lowest BCUT2D eigenvalue weighted by atomic mass is 10.0. The Kier molecular flexibility index (Phi) is 3.91. The van der Waals surface area contributed by atoms with Gasteiger partial charge in [0.25, 0.3) is 0 Å². The van der Waals surface area contributed by atoms with Crippen LogP contribution in [-0.4, -0.2) is 11.9 Å². The number of amides is 1. The van der Waals surface area contributed by atoms with E-state index in [0.29, 0.717) is 0 Å². The Morgan fingerprint density at radius 1 is 1.50 bits per heavy atom. The van der Waals surface area contributed by atoms with E-state index in [4.69, 9.17) is 0 Å². The van der Waals surface area contributed by atoms with Crippen LogP contribution in [0.3, 0.4) is 0 Å². The summed E-state index contributed by atoms with van der Waals surface area (Å²) in [4.78, 5) is 26.0. The monoisotopic (exact) mass is 195 g/mol. The molecule has 1 N–H and O–H groups in total. The molecule has 0 aliphatic heterocycles. The number of rotatable bonds is 2. The number of carbonyl (C=O) groups excluding carboxylic acids is 2. The van der Waals surface area contributed by atoms with Crippen molar-refractivity contribution in [3.8, 4) is 0 Å². The smallest absolute Gasteiger partial charge is 0.336 e. The first kappa shape index (κ1) is 10.5. The average molecular weight is 195 g/mol. The molecule has 0 saturated carbocycles. The van der Waals surface area contributed by atoms with Crippen LogP contribution in [0.4, 0.5) is 0 Å². The summed E-state index contributed by atoms with van der Waals surface area (Å²) < 4.78 is 0. The molecule has 4 nitrogen and oxygen atoms in total. The minimum Gasteiger partial charge on any atom is -0.340 e. The molecule has 1 aliphatic carbocycles. The summed E-state index contributed by atoms with van der Waals surface area (Å²) in [6.07, 6.45) is 7.95. The predicted octanol–water partition coefficient (Wildman–Crippen LogP) is 1.25. The van der Waals surface area contributed by atoms with E-state index in [0.717, 1.165) is 18.4 Å². The zero-order valence-corrected chi connectivity index (χ0v) is 8.08. The van der Waals surface area contributed by atoms with E-state index < -0.39 is 5.97 Å². The van der Waals surface area contributed by atoms with E-state index in [9.17, 15) is 9.59 Å². The lowest BCUT2D eigenvalue weighted by molar-refractivity contribution is -0.156. The number of hydrogen-bond donors (Lipinski definition) is 1. The summed E-state index contributed by atoms with van der Waals surface area (Å²) >= 11 is 0. The fourth-order valence-electron chi connectivity index (χ4n) is 1.14. The lowest BCUT2D eigenvalue weighted by Gasteiger charge is -2.07. The Hall–Kier alpha value is -1.58. The van der Waals surface area contributed by atoms with Crippen LogP contribution in [-0.2, 0) is 14.4 Å². The number of carbonyl (C=O) groups is 2. The topological polar surface area (TPSA) is 55.4 Å². The fourth-order valence-corrected chi connectivity index (χ4v) is 1.14. The molecule has 76 valence electrons. The maximum Gasteiger partial charge on any atom is 0.336 e. The highest BCUT2D eigenvalue weighted by molar-refractivity contribution is 5.77. The van der Waals surface area contributed by atoms with Gasteiger partial charge in [0, 0.05) is 6.92 Å². The molecule has 1 amide bonds. The van der Waals surface area contributed by atoms with E-state index in [2.05, 4.69) is 4.84 Å². The molecule has 0 aromatic heterocycles. The van der Waals surface area contributed by atoms with Crippen LogP contribution in [0.5, 0.6) is 0 Å². The van der Waals surface area contributed by atoms with Gasteiger partial charge >= 0.3 is 5.97 Å². The summed E-state index contributed by atoms with van der Waals surface area (Å²) in [6, 6.07) is 0. The number of hydrogen-bond acceptors (Lipinski definition) is 3. The third kappa shape index (κ3) is 3.89. The third-order valence-electron chi connectivity index (χ3n) is 1.77. The molecule has 1 rings (SSSR count). The quantitative estimate of drug-likeness (QED) is 0.533. The first-order valence-corrected chi connectivity index (χ1v) is 4.47. The number of hydroxylamine groups is 1. The SMILES string of the molecule is CC(=O)NOC(=O)CC1=CCC=CC1. The van der Waals surface area contributed by atoms with Gasteiger partial charge in [-0.3, -0.25) is 4.79 Å². The summed E-state index contributed by atoms with van der Waals surface area (Å²) in [5.74, 6) is -0.808. The van der Waals surface area contributed by atoms with E-state index in [1.54, 1.807) is 0 Å². The second-order valence-electron chi connectivity index (χ2n) is 3.08. The van der Waals surface area contributed by atoms with Gasteiger partial charge in [0.2, 0.25) is 5.91 Å². The molecule has 0 fully saturated rings. The Morgan fingerprint density at radius 2 is 2.29 bits per heavy atom. The Balaban J connectivity index is 2.26. The highest BCUT2D eigenvalue weighted by atomic mass is 16.7. The van der Waals surface area contributed by atoms with Crippen LogP contribution in [0.2, 0.25) is 0 Å².